The zero-order valence-electron chi connectivity index (χ0n) is 18.3. The van der Waals surface area contributed by atoms with Gasteiger partial charge in [0.1, 0.15) is 42.8 Å². The lowest BCUT2D eigenvalue weighted by Gasteiger charge is -2.35. The molecule has 1 saturated carbocycles. The smallest absolute Gasteiger partial charge is 0.311 e. The lowest BCUT2D eigenvalue weighted by Crippen LogP contribution is -2.41. The summed E-state index contributed by atoms with van der Waals surface area (Å²) in [6, 6.07) is 5.12. The largest absolute Gasteiger partial charge is 0.462 e. The number of aliphatic hydroxyl groups is 2. The summed E-state index contributed by atoms with van der Waals surface area (Å²) in [5.74, 6) is 0.0554. The summed E-state index contributed by atoms with van der Waals surface area (Å²) in [6.45, 7) is 3.47. The fraction of sp³-hybridized carbons (Fsp3) is 0.636. The zero-order chi connectivity index (χ0) is 23.1. The number of nitriles is 1. The molecule has 4 rings (SSSR count). The minimum Gasteiger partial charge on any atom is -0.462 e. The molecular formula is C22H29N5O5. The molecule has 4 N–H and O–H groups in total. The van der Waals surface area contributed by atoms with Crippen LogP contribution in [0.4, 0.5) is 5.82 Å². The van der Waals surface area contributed by atoms with Gasteiger partial charge in [-0.05, 0) is 44.7 Å². The lowest BCUT2D eigenvalue weighted by atomic mass is 9.71. The van der Waals surface area contributed by atoms with Crippen LogP contribution in [0.3, 0.4) is 0 Å². The first-order valence-electron chi connectivity index (χ1n) is 10.9. The van der Waals surface area contributed by atoms with Crippen LogP contribution in [0.1, 0.15) is 51.6 Å². The van der Waals surface area contributed by atoms with Crippen molar-refractivity contribution in [3.8, 4) is 6.07 Å². The summed E-state index contributed by atoms with van der Waals surface area (Å²) >= 11 is 0. The number of nitrogens with zero attached hydrogens (tertiary/aromatic N) is 4. The first kappa shape index (κ1) is 22.5. The van der Waals surface area contributed by atoms with Gasteiger partial charge in [-0.15, -0.1) is 0 Å². The molecule has 3 heterocycles. The second-order valence-corrected chi connectivity index (χ2v) is 9.26. The van der Waals surface area contributed by atoms with Crippen LogP contribution in [-0.2, 0) is 19.9 Å². The molecule has 2 aromatic heterocycles. The van der Waals surface area contributed by atoms with E-state index in [-0.39, 0.29) is 30.0 Å². The Morgan fingerprint density at radius 1 is 1.38 bits per heavy atom. The molecule has 2 aromatic rings. The van der Waals surface area contributed by atoms with Gasteiger partial charge in [-0.25, -0.2) is 9.50 Å². The van der Waals surface area contributed by atoms with E-state index in [0.29, 0.717) is 5.52 Å². The highest BCUT2D eigenvalue weighted by Gasteiger charge is 2.58. The molecule has 2 aliphatic rings. The lowest BCUT2D eigenvalue weighted by molar-refractivity contribution is -0.164. The number of ether oxygens (including phenoxy) is 2. The maximum absolute atomic E-state index is 12.9. The van der Waals surface area contributed by atoms with Crippen LogP contribution >= 0.6 is 0 Å². The van der Waals surface area contributed by atoms with Gasteiger partial charge in [0.25, 0.3) is 0 Å². The third-order valence-corrected chi connectivity index (χ3v) is 7.02. The molecule has 1 aliphatic carbocycles. The van der Waals surface area contributed by atoms with Crippen LogP contribution < -0.4 is 5.73 Å². The van der Waals surface area contributed by atoms with E-state index in [0.717, 1.165) is 25.7 Å². The second-order valence-electron chi connectivity index (χ2n) is 9.26. The number of aliphatic hydroxyl groups excluding tert-OH is 2. The number of hydrogen-bond acceptors (Lipinski definition) is 9. The number of hydrogen-bond donors (Lipinski definition) is 3. The van der Waals surface area contributed by atoms with Crippen LogP contribution in [0.25, 0.3) is 5.52 Å². The molecule has 0 amide bonds. The molecule has 2 fully saturated rings. The van der Waals surface area contributed by atoms with E-state index in [2.05, 4.69) is 10.1 Å². The van der Waals surface area contributed by atoms with Crippen molar-refractivity contribution < 1.29 is 24.5 Å². The minimum atomic E-state index is -1.91. The number of nitrogens with two attached hydrogens (primary N) is 1. The zero-order valence-corrected chi connectivity index (χ0v) is 18.3. The Kier molecular flexibility index (Phi) is 5.83. The van der Waals surface area contributed by atoms with Crippen LogP contribution in [-0.4, -0.2) is 55.7 Å². The fourth-order valence-electron chi connectivity index (χ4n) is 4.89. The van der Waals surface area contributed by atoms with Crippen LogP contribution in [0.5, 0.6) is 0 Å². The summed E-state index contributed by atoms with van der Waals surface area (Å²) < 4.78 is 12.7. The molecule has 10 heteroatoms. The number of carbonyl (C=O) groups excluding carboxylic acids is 1. The van der Waals surface area contributed by atoms with E-state index >= 15 is 0 Å². The normalized spacial score (nSPS) is 29.2. The van der Waals surface area contributed by atoms with Gasteiger partial charge in [-0.1, -0.05) is 19.3 Å². The summed E-state index contributed by atoms with van der Waals surface area (Å²) in [6.07, 6.45) is 2.46. The molecule has 4 atom stereocenters. The van der Waals surface area contributed by atoms with Gasteiger partial charge in [0.15, 0.2) is 5.82 Å². The highest BCUT2D eigenvalue weighted by Crippen LogP contribution is 2.42. The van der Waals surface area contributed by atoms with Crippen molar-refractivity contribution in [2.75, 3.05) is 12.3 Å². The molecule has 10 nitrogen and oxygen atoms in total. The predicted molar refractivity (Wildman–Crippen MR) is 113 cm³/mol. The van der Waals surface area contributed by atoms with Crippen molar-refractivity contribution in [1.29, 1.82) is 5.26 Å². The Morgan fingerprint density at radius 2 is 2.09 bits per heavy atom. The highest BCUT2D eigenvalue weighted by molar-refractivity contribution is 5.76. The Balaban J connectivity index is 1.53. The number of esters is 1. The maximum Gasteiger partial charge on any atom is 0.311 e. The van der Waals surface area contributed by atoms with Crippen molar-refractivity contribution in [1.82, 2.24) is 14.6 Å². The third-order valence-electron chi connectivity index (χ3n) is 7.02. The van der Waals surface area contributed by atoms with Gasteiger partial charge in [0.2, 0.25) is 5.60 Å². The Morgan fingerprint density at radius 3 is 2.78 bits per heavy atom. The molecule has 0 spiro atoms. The van der Waals surface area contributed by atoms with Crippen LogP contribution in [0.2, 0.25) is 0 Å². The van der Waals surface area contributed by atoms with Crippen molar-refractivity contribution in [3.63, 3.8) is 0 Å². The first-order chi connectivity index (χ1) is 15.2. The quantitative estimate of drug-likeness (QED) is 0.580. The Bertz CT molecular complexity index is 1040. The van der Waals surface area contributed by atoms with Gasteiger partial charge in [0.05, 0.1) is 11.1 Å². The van der Waals surface area contributed by atoms with Gasteiger partial charge in [-0.2, -0.15) is 10.4 Å². The van der Waals surface area contributed by atoms with E-state index in [4.69, 9.17) is 15.2 Å². The van der Waals surface area contributed by atoms with Crippen LogP contribution in [0, 0.1) is 22.7 Å². The fourth-order valence-corrected chi connectivity index (χ4v) is 4.89. The Hall–Kier alpha value is -2.74. The molecule has 172 valence electrons. The number of aromatic nitrogens is 3. The van der Waals surface area contributed by atoms with Crippen molar-refractivity contribution in [2.24, 2.45) is 11.3 Å². The maximum atomic E-state index is 12.9. The number of anilines is 1. The standard InChI is InChI=1S/C22H29N5O5/c1-21(2,13-6-4-3-5-7-13)20(30)31-10-15-17(28)18(29)22(11-23,32-15)16-9-8-14-19(24)25-12-26-27(14)16/h8-9,12-13,15,17-18,28-29H,3-7,10H2,1-2H3,(H2,24,25,26)/t15-,17-,18-,22+/m1/s1. The van der Waals surface area contributed by atoms with E-state index in [1.54, 1.807) is 12.1 Å². The van der Waals surface area contributed by atoms with Crippen molar-refractivity contribution in [3.05, 3.63) is 24.2 Å². The van der Waals surface area contributed by atoms with Gasteiger partial charge in [-0.3, -0.25) is 4.79 Å². The second kappa shape index (κ2) is 8.31. The van der Waals surface area contributed by atoms with E-state index < -0.39 is 29.3 Å². The highest BCUT2D eigenvalue weighted by atomic mass is 16.6. The molecule has 0 radical (unpaired) electrons. The monoisotopic (exact) mass is 443 g/mol. The molecule has 0 aromatic carbocycles. The number of carbonyl (C=O) groups is 1. The van der Waals surface area contributed by atoms with Gasteiger partial charge >= 0.3 is 5.97 Å². The van der Waals surface area contributed by atoms with E-state index in [9.17, 15) is 20.3 Å². The predicted octanol–water partition coefficient (Wildman–Crippen LogP) is 1.30. The molecule has 0 unspecified atom stereocenters. The van der Waals surface area contributed by atoms with E-state index in [1.807, 2.05) is 19.9 Å². The average molecular weight is 444 g/mol. The molecule has 0 bridgehead atoms. The Labute approximate surface area is 185 Å². The summed E-state index contributed by atoms with van der Waals surface area (Å²) in [4.78, 5) is 16.8. The molecule has 1 aliphatic heterocycles. The van der Waals surface area contributed by atoms with E-state index in [1.165, 1.54) is 17.3 Å². The SMILES string of the molecule is CC(C)(C(=O)OC[C@H]1O[C@@](C#N)(c2ccc3c(N)ncnn23)[C@H](O)[C@@H]1O)C1CCCCC1. The summed E-state index contributed by atoms with van der Waals surface area (Å²) in [5, 5.41) is 35.5. The first-order valence-corrected chi connectivity index (χ1v) is 10.9. The third kappa shape index (κ3) is 3.50. The topological polar surface area (TPSA) is 156 Å². The van der Waals surface area contributed by atoms with Gasteiger partial charge in [0, 0.05) is 0 Å². The van der Waals surface area contributed by atoms with Gasteiger partial charge < -0.3 is 25.4 Å². The molecule has 32 heavy (non-hydrogen) atoms. The van der Waals surface area contributed by atoms with Crippen LogP contribution in [0.15, 0.2) is 18.5 Å². The van der Waals surface area contributed by atoms with Crippen molar-refractivity contribution >= 4 is 17.3 Å². The van der Waals surface area contributed by atoms with Crippen molar-refractivity contribution in [2.45, 2.75) is 69.9 Å². The minimum absolute atomic E-state index is 0.197. The average Bonchev–Trinajstić information content (AvgIpc) is 3.34. The molecular weight excluding hydrogens is 414 g/mol. The summed E-state index contributed by atoms with van der Waals surface area (Å²) in [7, 11) is 0. The summed E-state index contributed by atoms with van der Waals surface area (Å²) in [5.41, 5.74) is 3.92. The number of nitrogen functional groups attached to an aromatic ring is 1. The number of rotatable bonds is 5. The molecule has 1 saturated heterocycles. The number of fused-ring (bicyclic) bond motifs is 1.